The quantitative estimate of drug-likeness (QED) is 0.798. The van der Waals surface area contributed by atoms with Gasteiger partial charge in [-0.25, -0.2) is 4.98 Å². The van der Waals surface area contributed by atoms with Crippen LogP contribution in [0.4, 0.5) is 5.82 Å². The maximum Gasteiger partial charge on any atom is 0.147 e. The van der Waals surface area contributed by atoms with Gasteiger partial charge in [0.15, 0.2) is 0 Å². The van der Waals surface area contributed by atoms with E-state index >= 15 is 0 Å². The van der Waals surface area contributed by atoms with Crippen molar-refractivity contribution in [3.8, 4) is 6.07 Å². The fraction of sp³-hybridized carbons (Fsp3) is 0.538. The maximum atomic E-state index is 9.20. The van der Waals surface area contributed by atoms with Crippen LogP contribution in [0.3, 0.4) is 0 Å². The number of rotatable bonds is 4. The molecule has 0 saturated carbocycles. The van der Waals surface area contributed by atoms with Crippen molar-refractivity contribution < 1.29 is 4.74 Å². The third kappa shape index (κ3) is 2.95. The minimum atomic E-state index is 0.181. The molecule has 0 N–H and O–H groups in total. The van der Waals surface area contributed by atoms with Crippen LogP contribution in [-0.2, 0) is 4.74 Å². The first-order valence-corrected chi connectivity index (χ1v) is 5.61. The van der Waals surface area contributed by atoms with Gasteiger partial charge in [0, 0.05) is 19.9 Å². The number of likely N-dealkylation sites (N-methyl/N-ethyl adjacent to an activating group) is 1. The molecule has 1 unspecified atom stereocenters. The maximum absolute atomic E-state index is 9.20. The molecule has 0 aliphatic rings. The highest BCUT2D eigenvalue weighted by Gasteiger charge is 2.17. The van der Waals surface area contributed by atoms with Crippen LogP contribution < -0.4 is 4.90 Å². The van der Waals surface area contributed by atoms with Crippen LogP contribution in [0.2, 0.25) is 0 Å². The Morgan fingerprint density at radius 2 is 2.18 bits per heavy atom. The molecule has 0 fully saturated rings. The zero-order valence-corrected chi connectivity index (χ0v) is 11.1. The second-order valence-electron chi connectivity index (χ2n) is 4.31. The number of ether oxygens (including phenoxy) is 1. The summed E-state index contributed by atoms with van der Waals surface area (Å²) in [6.07, 6.45) is 0. The van der Waals surface area contributed by atoms with Gasteiger partial charge in [-0.3, -0.25) is 0 Å². The summed E-state index contributed by atoms with van der Waals surface area (Å²) in [6.45, 7) is 6.53. The van der Waals surface area contributed by atoms with Crippen LogP contribution >= 0.6 is 0 Å². The van der Waals surface area contributed by atoms with Gasteiger partial charge in [-0.1, -0.05) is 0 Å². The average Bonchev–Trinajstić information content (AvgIpc) is 2.27. The Kier molecular flexibility index (Phi) is 4.47. The zero-order chi connectivity index (χ0) is 13.0. The topological polar surface area (TPSA) is 49.1 Å². The van der Waals surface area contributed by atoms with Crippen molar-refractivity contribution >= 4 is 5.82 Å². The van der Waals surface area contributed by atoms with E-state index in [-0.39, 0.29) is 6.04 Å². The summed E-state index contributed by atoms with van der Waals surface area (Å²) in [5.74, 6) is 0.731. The highest BCUT2D eigenvalue weighted by Crippen LogP contribution is 2.22. The number of aromatic nitrogens is 1. The van der Waals surface area contributed by atoms with E-state index in [0.29, 0.717) is 12.2 Å². The second kappa shape index (κ2) is 5.65. The standard InChI is InChI=1S/C13H19N3O/c1-9-6-10(2)15-13(12(9)7-14)16(4)11(3)8-17-5/h6,11H,8H2,1-5H3. The molecule has 0 aromatic carbocycles. The average molecular weight is 233 g/mol. The molecule has 1 heterocycles. The van der Waals surface area contributed by atoms with Gasteiger partial charge in [0.05, 0.1) is 18.2 Å². The summed E-state index contributed by atoms with van der Waals surface area (Å²) in [5, 5.41) is 9.20. The van der Waals surface area contributed by atoms with E-state index in [2.05, 4.69) is 11.1 Å². The molecule has 1 aromatic heterocycles. The Balaban J connectivity index is 3.16. The SMILES string of the molecule is COCC(C)N(C)c1nc(C)cc(C)c1C#N. The van der Waals surface area contributed by atoms with E-state index < -0.39 is 0 Å². The summed E-state index contributed by atoms with van der Waals surface area (Å²) < 4.78 is 5.13. The lowest BCUT2D eigenvalue weighted by Crippen LogP contribution is -2.34. The highest BCUT2D eigenvalue weighted by atomic mass is 16.5. The molecule has 4 nitrogen and oxygen atoms in total. The molecular weight excluding hydrogens is 214 g/mol. The van der Waals surface area contributed by atoms with Gasteiger partial charge in [0.2, 0.25) is 0 Å². The third-order valence-corrected chi connectivity index (χ3v) is 2.84. The molecule has 0 amide bonds. The molecule has 0 radical (unpaired) electrons. The Labute approximate surface area is 103 Å². The molecule has 0 spiro atoms. The molecule has 92 valence electrons. The first-order valence-electron chi connectivity index (χ1n) is 5.61. The monoisotopic (exact) mass is 233 g/mol. The molecular formula is C13H19N3O. The highest BCUT2D eigenvalue weighted by molar-refractivity contribution is 5.58. The van der Waals surface area contributed by atoms with Gasteiger partial charge >= 0.3 is 0 Å². The Morgan fingerprint density at radius 3 is 2.71 bits per heavy atom. The van der Waals surface area contributed by atoms with E-state index in [1.165, 1.54) is 0 Å². The van der Waals surface area contributed by atoms with E-state index in [9.17, 15) is 5.26 Å². The van der Waals surface area contributed by atoms with Crippen LogP contribution in [0.1, 0.15) is 23.7 Å². The van der Waals surface area contributed by atoms with Gasteiger partial charge < -0.3 is 9.64 Å². The molecule has 1 rings (SSSR count). The molecule has 17 heavy (non-hydrogen) atoms. The molecule has 0 saturated heterocycles. The molecule has 0 aliphatic carbocycles. The van der Waals surface area contributed by atoms with Crippen molar-refractivity contribution in [3.63, 3.8) is 0 Å². The van der Waals surface area contributed by atoms with Gasteiger partial charge in [-0.15, -0.1) is 0 Å². The lowest BCUT2D eigenvalue weighted by molar-refractivity contribution is 0.183. The number of nitriles is 1. The van der Waals surface area contributed by atoms with Gasteiger partial charge in [0.25, 0.3) is 0 Å². The van der Waals surface area contributed by atoms with E-state index in [1.54, 1.807) is 7.11 Å². The number of aryl methyl sites for hydroxylation is 2. The Hall–Kier alpha value is -1.60. The van der Waals surface area contributed by atoms with Crippen LogP contribution in [0.15, 0.2) is 6.07 Å². The first kappa shape index (κ1) is 13.5. The summed E-state index contributed by atoms with van der Waals surface area (Å²) >= 11 is 0. The zero-order valence-electron chi connectivity index (χ0n) is 11.1. The van der Waals surface area contributed by atoms with E-state index in [0.717, 1.165) is 17.1 Å². The van der Waals surface area contributed by atoms with Crippen molar-refractivity contribution in [1.82, 2.24) is 4.98 Å². The van der Waals surface area contributed by atoms with Crippen LogP contribution in [0, 0.1) is 25.2 Å². The summed E-state index contributed by atoms with van der Waals surface area (Å²) in [5.41, 5.74) is 2.53. The van der Waals surface area contributed by atoms with Crippen LogP contribution in [0.25, 0.3) is 0 Å². The Morgan fingerprint density at radius 1 is 1.53 bits per heavy atom. The van der Waals surface area contributed by atoms with Crippen molar-refractivity contribution in [2.75, 3.05) is 25.7 Å². The molecule has 0 bridgehead atoms. The number of hydrogen-bond donors (Lipinski definition) is 0. The van der Waals surface area contributed by atoms with Gasteiger partial charge in [-0.2, -0.15) is 5.26 Å². The van der Waals surface area contributed by atoms with Crippen LogP contribution in [0.5, 0.6) is 0 Å². The number of hydrogen-bond acceptors (Lipinski definition) is 4. The predicted molar refractivity (Wildman–Crippen MR) is 68.2 cm³/mol. The smallest absolute Gasteiger partial charge is 0.147 e. The Bertz CT molecular complexity index is 437. The minimum Gasteiger partial charge on any atom is -0.383 e. The van der Waals surface area contributed by atoms with E-state index in [1.807, 2.05) is 38.8 Å². The normalized spacial score (nSPS) is 12.0. The van der Waals surface area contributed by atoms with Gasteiger partial charge in [-0.05, 0) is 32.4 Å². The number of anilines is 1. The fourth-order valence-corrected chi connectivity index (χ4v) is 1.77. The lowest BCUT2D eigenvalue weighted by Gasteiger charge is -2.26. The largest absolute Gasteiger partial charge is 0.383 e. The number of methoxy groups -OCH3 is 1. The molecule has 1 atom stereocenters. The second-order valence-corrected chi connectivity index (χ2v) is 4.31. The molecule has 0 aliphatic heterocycles. The summed E-state index contributed by atoms with van der Waals surface area (Å²) in [6, 6.07) is 4.33. The minimum absolute atomic E-state index is 0.181. The van der Waals surface area contributed by atoms with Gasteiger partial charge in [0.1, 0.15) is 11.9 Å². The summed E-state index contributed by atoms with van der Waals surface area (Å²) in [7, 11) is 3.61. The fourth-order valence-electron chi connectivity index (χ4n) is 1.77. The summed E-state index contributed by atoms with van der Waals surface area (Å²) in [4.78, 5) is 6.44. The lowest BCUT2D eigenvalue weighted by atomic mass is 10.1. The number of pyridine rings is 1. The van der Waals surface area contributed by atoms with Crippen LogP contribution in [-0.4, -0.2) is 31.8 Å². The molecule has 4 heteroatoms. The van der Waals surface area contributed by atoms with Crippen molar-refractivity contribution in [1.29, 1.82) is 5.26 Å². The van der Waals surface area contributed by atoms with Crippen molar-refractivity contribution in [3.05, 3.63) is 22.9 Å². The first-order chi connectivity index (χ1) is 8.01. The van der Waals surface area contributed by atoms with E-state index in [4.69, 9.17) is 4.74 Å². The number of nitrogens with zero attached hydrogens (tertiary/aromatic N) is 3. The van der Waals surface area contributed by atoms with Crippen molar-refractivity contribution in [2.24, 2.45) is 0 Å². The predicted octanol–water partition coefficient (Wildman–Crippen LogP) is 2.04. The van der Waals surface area contributed by atoms with Crippen molar-refractivity contribution in [2.45, 2.75) is 26.8 Å². The third-order valence-electron chi connectivity index (χ3n) is 2.84. The molecule has 1 aromatic rings.